The summed E-state index contributed by atoms with van der Waals surface area (Å²) in [4.78, 5) is 32.8. The monoisotopic (exact) mass is 358 g/mol. The lowest BCUT2D eigenvalue weighted by Gasteiger charge is -2.18. The number of aromatic amines is 2. The van der Waals surface area contributed by atoms with Crippen LogP contribution in [0.4, 0.5) is 10.8 Å². The zero-order valence-electron chi connectivity index (χ0n) is 12.9. The molecule has 0 saturated heterocycles. The summed E-state index contributed by atoms with van der Waals surface area (Å²) in [5.74, 6) is -1.71. The summed E-state index contributed by atoms with van der Waals surface area (Å²) in [7, 11) is 0. The molecule has 1 amide bonds. The maximum absolute atomic E-state index is 11.8. The molecule has 0 spiro atoms. The van der Waals surface area contributed by atoms with Crippen LogP contribution in [0.25, 0.3) is 10.6 Å². The van der Waals surface area contributed by atoms with Gasteiger partial charge in [-0.1, -0.05) is 11.3 Å². The van der Waals surface area contributed by atoms with E-state index < -0.39 is 11.9 Å². The second-order valence-corrected chi connectivity index (χ2v) is 6.68. The number of carbonyl (C=O) groups is 2. The van der Waals surface area contributed by atoms with Crippen LogP contribution in [0.15, 0.2) is 24.7 Å². The fourth-order valence-electron chi connectivity index (χ4n) is 2.60. The standard InChI is InChI=1S/C15H14N6O3S/c16-13(22)11-12(10-3-7(4-17-10)14(23)24)25-15(20-11)21(8-1-2-8)9-5-18-19-6-9/h3-6,8,17H,1-2H2,(H2,16,22)(H,18,19)(H,23,24). The number of aromatic nitrogens is 4. The van der Waals surface area contributed by atoms with Gasteiger partial charge in [0.25, 0.3) is 5.91 Å². The van der Waals surface area contributed by atoms with Gasteiger partial charge in [-0.3, -0.25) is 9.89 Å². The van der Waals surface area contributed by atoms with Crippen LogP contribution in [0.5, 0.6) is 0 Å². The highest BCUT2D eigenvalue weighted by molar-refractivity contribution is 7.19. The molecule has 0 radical (unpaired) electrons. The Bertz CT molecular complexity index is 941. The Hall–Kier alpha value is -3.14. The van der Waals surface area contributed by atoms with Gasteiger partial charge in [0, 0.05) is 18.4 Å². The van der Waals surface area contributed by atoms with Crippen molar-refractivity contribution >= 4 is 34.0 Å². The number of nitrogens with two attached hydrogens (primary N) is 1. The lowest BCUT2D eigenvalue weighted by Crippen LogP contribution is -2.19. The lowest BCUT2D eigenvalue weighted by atomic mass is 10.2. The molecular weight excluding hydrogens is 344 g/mol. The summed E-state index contributed by atoms with van der Waals surface area (Å²) in [5.41, 5.74) is 7.06. The van der Waals surface area contributed by atoms with Crippen LogP contribution < -0.4 is 10.6 Å². The molecule has 3 heterocycles. The number of H-pyrrole nitrogens is 2. The summed E-state index contributed by atoms with van der Waals surface area (Å²) >= 11 is 1.29. The number of amides is 1. The number of nitrogens with zero attached hydrogens (tertiary/aromatic N) is 3. The van der Waals surface area contributed by atoms with Crippen LogP contribution in [0.1, 0.15) is 33.7 Å². The average Bonchev–Trinajstić information content (AvgIpc) is 3.00. The molecule has 10 heteroatoms. The molecule has 5 N–H and O–H groups in total. The molecule has 1 fully saturated rings. The van der Waals surface area contributed by atoms with Crippen LogP contribution in [0.3, 0.4) is 0 Å². The van der Waals surface area contributed by atoms with Crippen LogP contribution in [0.2, 0.25) is 0 Å². The summed E-state index contributed by atoms with van der Waals surface area (Å²) in [6.45, 7) is 0. The molecule has 9 nitrogen and oxygen atoms in total. The zero-order valence-corrected chi connectivity index (χ0v) is 13.7. The molecule has 0 atom stereocenters. The number of carboxylic acids is 1. The number of thiazole rings is 1. The third-order valence-corrected chi connectivity index (χ3v) is 4.99. The van der Waals surface area contributed by atoms with Crippen molar-refractivity contribution < 1.29 is 14.7 Å². The molecule has 1 aliphatic carbocycles. The number of carbonyl (C=O) groups excluding carboxylic acids is 1. The maximum Gasteiger partial charge on any atom is 0.337 e. The van der Waals surface area contributed by atoms with E-state index in [1.54, 1.807) is 12.4 Å². The number of nitrogens with one attached hydrogen (secondary N) is 2. The van der Waals surface area contributed by atoms with Crippen molar-refractivity contribution in [1.29, 1.82) is 0 Å². The van der Waals surface area contributed by atoms with Crippen LogP contribution in [-0.2, 0) is 0 Å². The van der Waals surface area contributed by atoms with E-state index in [0.29, 0.717) is 21.7 Å². The van der Waals surface area contributed by atoms with Crippen molar-refractivity contribution in [3.8, 4) is 10.6 Å². The highest BCUT2D eigenvalue weighted by Gasteiger charge is 2.34. The molecule has 1 saturated carbocycles. The SMILES string of the molecule is NC(=O)c1nc(N(c2cn[nH]c2)C2CC2)sc1-c1cc(C(=O)O)c[nH]1. The number of rotatable bonds is 6. The molecular formula is C15H14N6O3S. The minimum atomic E-state index is -1.05. The fraction of sp³-hybridized carbons (Fsp3) is 0.200. The van der Waals surface area contributed by atoms with E-state index in [0.717, 1.165) is 18.5 Å². The number of anilines is 2. The van der Waals surface area contributed by atoms with Crippen LogP contribution in [-0.4, -0.2) is 43.2 Å². The molecule has 128 valence electrons. The number of primary amides is 1. The van der Waals surface area contributed by atoms with E-state index in [9.17, 15) is 9.59 Å². The Kier molecular flexibility index (Phi) is 3.53. The van der Waals surface area contributed by atoms with E-state index in [-0.39, 0.29) is 11.3 Å². The van der Waals surface area contributed by atoms with Gasteiger partial charge in [0.05, 0.1) is 28.0 Å². The van der Waals surface area contributed by atoms with Gasteiger partial charge in [0.1, 0.15) is 0 Å². The first-order chi connectivity index (χ1) is 12.0. The molecule has 0 unspecified atom stereocenters. The van der Waals surface area contributed by atoms with E-state index in [1.807, 2.05) is 4.90 Å². The third kappa shape index (κ3) is 2.76. The van der Waals surface area contributed by atoms with E-state index in [1.165, 1.54) is 23.6 Å². The quantitative estimate of drug-likeness (QED) is 0.531. The predicted octanol–water partition coefficient (Wildman–Crippen LogP) is 1.96. The third-order valence-electron chi connectivity index (χ3n) is 3.90. The highest BCUT2D eigenvalue weighted by Crippen LogP contribution is 2.42. The number of hydrogen-bond acceptors (Lipinski definition) is 6. The van der Waals surface area contributed by atoms with Crippen LogP contribution >= 0.6 is 11.3 Å². The van der Waals surface area contributed by atoms with Gasteiger partial charge >= 0.3 is 5.97 Å². The second-order valence-electron chi connectivity index (χ2n) is 5.70. The number of hydrogen-bond donors (Lipinski definition) is 4. The zero-order chi connectivity index (χ0) is 17.6. The first-order valence-electron chi connectivity index (χ1n) is 7.55. The minimum absolute atomic E-state index is 0.106. The normalized spacial score (nSPS) is 13.8. The Labute approximate surface area is 145 Å². The number of aromatic carboxylic acids is 1. The highest BCUT2D eigenvalue weighted by atomic mass is 32.1. The van der Waals surface area contributed by atoms with Gasteiger partial charge in [-0.2, -0.15) is 5.10 Å². The molecule has 3 aromatic heterocycles. The Morgan fingerprint density at radius 3 is 2.72 bits per heavy atom. The summed E-state index contributed by atoms with van der Waals surface area (Å²) in [5, 5.41) is 16.5. The Morgan fingerprint density at radius 2 is 2.16 bits per heavy atom. The van der Waals surface area contributed by atoms with Crippen molar-refractivity contribution in [2.45, 2.75) is 18.9 Å². The molecule has 4 rings (SSSR count). The van der Waals surface area contributed by atoms with Crippen molar-refractivity contribution in [3.05, 3.63) is 35.9 Å². The fourth-order valence-corrected chi connectivity index (χ4v) is 3.74. The summed E-state index contributed by atoms with van der Waals surface area (Å²) < 4.78 is 0. The molecule has 0 bridgehead atoms. The van der Waals surface area contributed by atoms with E-state index in [4.69, 9.17) is 10.8 Å². The lowest BCUT2D eigenvalue weighted by molar-refractivity contribution is 0.0697. The Balaban J connectivity index is 1.79. The smallest absolute Gasteiger partial charge is 0.337 e. The first kappa shape index (κ1) is 15.4. The minimum Gasteiger partial charge on any atom is -0.478 e. The predicted molar refractivity (Wildman–Crippen MR) is 91.1 cm³/mol. The largest absolute Gasteiger partial charge is 0.478 e. The van der Waals surface area contributed by atoms with E-state index >= 15 is 0 Å². The summed E-state index contributed by atoms with van der Waals surface area (Å²) in [6.07, 6.45) is 6.88. The molecule has 0 aliphatic heterocycles. The number of carboxylic acid groups (broad SMARTS) is 1. The van der Waals surface area contributed by atoms with Crippen molar-refractivity contribution in [2.75, 3.05) is 4.90 Å². The van der Waals surface area contributed by atoms with Gasteiger partial charge in [0.2, 0.25) is 0 Å². The summed E-state index contributed by atoms with van der Waals surface area (Å²) in [6, 6.07) is 1.77. The van der Waals surface area contributed by atoms with Crippen molar-refractivity contribution in [2.24, 2.45) is 5.73 Å². The molecule has 3 aromatic rings. The van der Waals surface area contributed by atoms with Crippen LogP contribution in [0, 0.1) is 0 Å². The van der Waals surface area contributed by atoms with E-state index in [2.05, 4.69) is 20.2 Å². The van der Waals surface area contributed by atoms with Gasteiger partial charge in [-0.15, -0.1) is 0 Å². The molecule has 0 aromatic carbocycles. The van der Waals surface area contributed by atoms with Gasteiger partial charge in [-0.05, 0) is 18.9 Å². The van der Waals surface area contributed by atoms with Gasteiger partial charge in [0.15, 0.2) is 10.8 Å². The van der Waals surface area contributed by atoms with Crippen molar-refractivity contribution in [3.63, 3.8) is 0 Å². The second kappa shape index (κ2) is 5.74. The molecule has 25 heavy (non-hydrogen) atoms. The maximum atomic E-state index is 11.8. The molecule has 1 aliphatic rings. The Morgan fingerprint density at radius 1 is 1.36 bits per heavy atom. The topological polar surface area (TPSA) is 141 Å². The van der Waals surface area contributed by atoms with Gasteiger partial charge in [-0.25, -0.2) is 9.78 Å². The van der Waals surface area contributed by atoms with Crippen molar-refractivity contribution in [1.82, 2.24) is 20.2 Å². The first-order valence-corrected chi connectivity index (χ1v) is 8.37. The average molecular weight is 358 g/mol. The van der Waals surface area contributed by atoms with Gasteiger partial charge < -0.3 is 20.7 Å².